The molecule has 0 aliphatic heterocycles. The Labute approximate surface area is 132 Å². The predicted molar refractivity (Wildman–Crippen MR) is 90.3 cm³/mol. The Morgan fingerprint density at radius 2 is 2.24 bits per heavy atom. The van der Waals surface area contributed by atoms with Crippen molar-refractivity contribution in [1.82, 2.24) is 5.32 Å². The van der Waals surface area contributed by atoms with E-state index in [2.05, 4.69) is 43.4 Å². The van der Waals surface area contributed by atoms with Crippen molar-refractivity contribution in [3.8, 4) is 0 Å². The highest BCUT2D eigenvalue weighted by Gasteiger charge is 2.49. The van der Waals surface area contributed by atoms with Crippen LogP contribution in [0.3, 0.4) is 0 Å². The fourth-order valence-corrected chi connectivity index (χ4v) is 4.05. The fourth-order valence-electron chi connectivity index (χ4n) is 2.73. The topological polar surface area (TPSA) is 55.1 Å². The molecule has 3 N–H and O–H groups in total. The Hall–Kier alpha value is -1.00. The van der Waals surface area contributed by atoms with E-state index in [9.17, 15) is 4.79 Å². The van der Waals surface area contributed by atoms with E-state index in [-0.39, 0.29) is 5.91 Å². The van der Waals surface area contributed by atoms with Gasteiger partial charge in [0.15, 0.2) is 0 Å². The highest BCUT2D eigenvalue weighted by molar-refractivity contribution is 7.98. The number of hydrogen-bond acceptors (Lipinski definition) is 3. The number of nitrogens with one attached hydrogen (secondary N) is 1. The van der Waals surface area contributed by atoms with E-state index in [1.807, 2.05) is 0 Å². The third-order valence-corrected chi connectivity index (χ3v) is 5.28. The van der Waals surface area contributed by atoms with E-state index in [0.717, 1.165) is 37.3 Å². The quantitative estimate of drug-likeness (QED) is 0.737. The minimum Gasteiger partial charge on any atom is -0.368 e. The molecule has 0 saturated heterocycles. The minimum atomic E-state index is -0.509. The summed E-state index contributed by atoms with van der Waals surface area (Å²) < 4.78 is 0. The van der Waals surface area contributed by atoms with Crippen molar-refractivity contribution in [2.45, 2.75) is 44.4 Å². The van der Waals surface area contributed by atoms with Crippen molar-refractivity contribution in [3.63, 3.8) is 0 Å². The van der Waals surface area contributed by atoms with Gasteiger partial charge in [0.25, 0.3) is 0 Å². The molecule has 0 bridgehead atoms. The molecule has 1 saturated carbocycles. The molecule has 116 valence electrons. The second-order valence-electron chi connectivity index (χ2n) is 6.02. The van der Waals surface area contributed by atoms with Gasteiger partial charge in [0, 0.05) is 11.5 Å². The molecule has 1 amide bonds. The summed E-state index contributed by atoms with van der Waals surface area (Å²) in [6, 6.07) is 8.54. The fraction of sp³-hybridized carbons (Fsp3) is 0.588. The van der Waals surface area contributed by atoms with Gasteiger partial charge in [-0.05, 0) is 44.2 Å². The molecule has 4 heteroatoms. The molecule has 1 atom stereocenters. The van der Waals surface area contributed by atoms with Crippen molar-refractivity contribution in [2.75, 3.05) is 12.3 Å². The highest BCUT2D eigenvalue weighted by Crippen LogP contribution is 2.41. The van der Waals surface area contributed by atoms with Crippen LogP contribution in [0.1, 0.15) is 37.3 Å². The summed E-state index contributed by atoms with van der Waals surface area (Å²) in [4.78, 5) is 12.1. The molecule has 21 heavy (non-hydrogen) atoms. The number of amides is 1. The third-order valence-electron chi connectivity index (χ3n) is 4.09. The van der Waals surface area contributed by atoms with Gasteiger partial charge in [-0.1, -0.05) is 36.8 Å². The summed E-state index contributed by atoms with van der Waals surface area (Å²) in [5.74, 6) is 1.93. The molecule has 2 rings (SSSR count). The summed E-state index contributed by atoms with van der Waals surface area (Å²) in [5, 5.41) is 3.45. The van der Waals surface area contributed by atoms with Crippen molar-refractivity contribution in [2.24, 2.45) is 11.7 Å². The van der Waals surface area contributed by atoms with Gasteiger partial charge in [-0.2, -0.15) is 11.8 Å². The van der Waals surface area contributed by atoms with Gasteiger partial charge in [-0.25, -0.2) is 0 Å². The standard InChI is InChI=1S/C17H26N2OS/c1-3-9-19-17(16(18)20,15-7-8-15)12-21-11-14-6-4-5-13(2)10-14/h4-6,10,15,19H,3,7-9,11-12H2,1-2H3,(H2,18,20). The summed E-state index contributed by atoms with van der Waals surface area (Å²) in [6.07, 6.45) is 3.25. The number of thioether (sulfide) groups is 1. The molecule has 3 nitrogen and oxygen atoms in total. The first-order valence-electron chi connectivity index (χ1n) is 7.76. The maximum absolute atomic E-state index is 12.1. The molecule has 1 aliphatic rings. The van der Waals surface area contributed by atoms with Crippen LogP contribution in [0.25, 0.3) is 0 Å². The summed E-state index contributed by atoms with van der Waals surface area (Å²) >= 11 is 1.81. The zero-order chi connectivity index (χ0) is 15.3. The van der Waals surface area contributed by atoms with E-state index in [1.54, 1.807) is 11.8 Å². The average molecular weight is 306 g/mol. The van der Waals surface area contributed by atoms with Crippen LogP contribution in [0.5, 0.6) is 0 Å². The van der Waals surface area contributed by atoms with Gasteiger partial charge >= 0.3 is 0 Å². The Morgan fingerprint density at radius 3 is 2.81 bits per heavy atom. The molecule has 1 fully saturated rings. The van der Waals surface area contributed by atoms with E-state index in [4.69, 9.17) is 5.73 Å². The lowest BCUT2D eigenvalue weighted by molar-refractivity contribution is -0.124. The maximum atomic E-state index is 12.1. The molecule has 0 spiro atoms. The van der Waals surface area contributed by atoms with Crippen molar-refractivity contribution in [3.05, 3.63) is 35.4 Å². The predicted octanol–water partition coefficient (Wildman–Crippen LogP) is 2.86. The molecule has 0 radical (unpaired) electrons. The molecular formula is C17H26N2OS. The zero-order valence-corrected chi connectivity index (χ0v) is 13.8. The van der Waals surface area contributed by atoms with Crippen LogP contribution < -0.4 is 11.1 Å². The molecule has 0 aromatic heterocycles. The van der Waals surface area contributed by atoms with Crippen LogP contribution in [0, 0.1) is 12.8 Å². The number of carbonyl (C=O) groups excluding carboxylic acids is 1. The second-order valence-corrected chi connectivity index (χ2v) is 7.00. The molecule has 0 heterocycles. The number of rotatable bonds is 9. The Balaban J connectivity index is 1.97. The van der Waals surface area contributed by atoms with Crippen LogP contribution in [-0.2, 0) is 10.5 Å². The Bertz CT molecular complexity index is 487. The molecule has 1 aromatic rings. The van der Waals surface area contributed by atoms with E-state index < -0.39 is 5.54 Å². The monoisotopic (exact) mass is 306 g/mol. The van der Waals surface area contributed by atoms with Crippen molar-refractivity contribution >= 4 is 17.7 Å². The highest BCUT2D eigenvalue weighted by atomic mass is 32.2. The molecule has 1 unspecified atom stereocenters. The lowest BCUT2D eigenvalue weighted by atomic mass is 9.94. The van der Waals surface area contributed by atoms with E-state index >= 15 is 0 Å². The summed E-state index contributed by atoms with van der Waals surface area (Å²) in [6.45, 7) is 5.07. The Kier molecular flexibility index (Phi) is 5.71. The minimum absolute atomic E-state index is 0.185. The second kappa shape index (κ2) is 7.32. The SMILES string of the molecule is CCCNC(CSCc1cccc(C)c1)(C(N)=O)C1CC1. The average Bonchev–Trinajstić information content (AvgIpc) is 3.27. The summed E-state index contributed by atoms with van der Waals surface area (Å²) in [7, 11) is 0. The van der Waals surface area contributed by atoms with Crippen molar-refractivity contribution < 1.29 is 4.79 Å². The smallest absolute Gasteiger partial charge is 0.238 e. The van der Waals surface area contributed by atoms with Gasteiger partial charge in [0.1, 0.15) is 5.54 Å². The normalized spacial score (nSPS) is 17.4. The van der Waals surface area contributed by atoms with Crippen molar-refractivity contribution in [1.29, 1.82) is 0 Å². The van der Waals surface area contributed by atoms with Crippen LogP contribution in [0.2, 0.25) is 0 Å². The largest absolute Gasteiger partial charge is 0.368 e. The number of hydrogen-bond donors (Lipinski definition) is 2. The molecular weight excluding hydrogens is 280 g/mol. The molecule has 1 aromatic carbocycles. The number of benzene rings is 1. The lowest BCUT2D eigenvalue weighted by Gasteiger charge is -2.32. The first-order chi connectivity index (χ1) is 10.1. The van der Waals surface area contributed by atoms with Gasteiger partial charge in [0.05, 0.1) is 0 Å². The zero-order valence-electron chi connectivity index (χ0n) is 13.0. The van der Waals surface area contributed by atoms with Gasteiger partial charge in [-0.3, -0.25) is 4.79 Å². The van der Waals surface area contributed by atoms with Crippen LogP contribution >= 0.6 is 11.8 Å². The molecule has 1 aliphatic carbocycles. The Morgan fingerprint density at radius 1 is 1.48 bits per heavy atom. The van der Waals surface area contributed by atoms with E-state index in [0.29, 0.717) is 5.92 Å². The van der Waals surface area contributed by atoms with Crippen LogP contribution in [-0.4, -0.2) is 23.7 Å². The van der Waals surface area contributed by atoms with E-state index in [1.165, 1.54) is 11.1 Å². The number of nitrogens with two attached hydrogens (primary N) is 1. The lowest BCUT2D eigenvalue weighted by Crippen LogP contribution is -2.59. The first-order valence-corrected chi connectivity index (χ1v) is 8.92. The number of carbonyl (C=O) groups is 1. The third kappa shape index (κ3) is 4.24. The van der Waals surface area contributed by atoms with Gasteiger partial charge in [-0.15, -0.1) is 0 Å². The maximum Gasteiger partial charge on any atom is 0.238 e. The number of aryl methyl sites for hydroxylation is 1. The van der Waals surface area contributed by atoms with Crippen LogP contribution in [0.15, 0.2) is 24.3 Å². The van der Waals surface area contributed by atoms with Crippen LogP contribution in [0.4, 0.5) is 0 Å². The van der Waals surface area contributed by atoms with Gasteiger partial charge in [0.2, 0.25) is 5.91 Å². The number of primary amides is 1. The van der Waals surface area contributed by atoms with Gasteiger partial charge < -0.3 is 11.1 Å². The summed E-state index contributed by atoms with van der Waals surface area (Å²) in [5.41, 5.74) is 7.82. The first kappa shape index (κ1) is 16.4.